The third-order valence-corrected chi connectivity index (χ3v) is 2.43. The van der Waals surface area contributed by atoms with Gasteiger partial charge in [-0.15, -0.1) is 0 Å². The summed E-state index contributed by atoms with van der Waals surface area (Å²) in [5.41, 5.74) is 0. The Morgan fingerprint density at radius 2 is 1.80 bits per heavy atom. The quantitative estimate of drug-likeness (QED) is 0.655. The molecule has 1 unspecified atom stereocenters. The molecular formula is C8H15NO5S. The fraction of sp³-hybridized carbons (Fsp3) is 0.750. The Morgan fingerprint density at radius 3 is 2.07 bits per heavy atom. The Labute approximate surface area is 88.6 Å². The Kier molecular flexibility index (Phi) is 4.73. The molecule has 88 valence electrons. The molecule has 15 heavy (non-hydrogen) atoms. The lowest BCUT2D eigenvalue weighted by atomic mass is 10.1. The molecule has 0 aliphatic heterocycles. The number of rotatable bonds is 5. The monoisotopic (exact) mass is 237 g/mol. The maximum absolute atomic E-state index is 11.1. The summed E-state index contributed by atoms with van der Waals surface area (Å²) in [6, 6.07) is -1.06. The topological polar surface area (TPSA) is 101 Å². The van der Waals surface area contributed by atoms with Crippen LogP contribution < -0.4 is 5.32 Å². The Hall–Kier alpha value is -1.11. The number of nitrogens with one attached hydrogen (secondary N) is 1. The first-order valence-corrected chi connectivity index (χ1v) is 6.39. The number of carboxylic acid groups (broad SMARTS) is 1. The highest BCUT2D eigenvalue weighted by molar-refractivity contribution is 7.91. The molecule has 0 aromatic rings. The van der Waals surface area contributed by atoms with Crippen molar-refractivity contribution in [2.24, 2.45) is 5.92 Å². The second-order valence-corrected chi connectivity index (χ2v) is 5.84. The van der Waals surface area contributed by atoms with Crippen molar-refractivity contribution < 1.29 is 23.1 Å². The van der Waals surface area contributed by atoms with E-state index in [4.69, 9.17) is 5.11 Å². The molecule has 1 amide bonds. The van der Waals surface area contributed by atoms with Crippen molar-refractivity contribution in [3.63, 3.8) is 0 Å². The maximum Gasteiger partial charge on any atom is 0.326 e. The summed E-state index contributed by atoms with van der Waals surface area (Å²) >= 11 is 0. The van der Waals surface area contributed by atoms with Crippen molar-refractivity contribution in [2.45, 2.75) is 19.9 Å². The number of aliphatic carboxylic acids is 1. The van der Waals surface area contributed by atoms with Crippen LogP contribution in [0.25, 0.3) is 0 Å². The van der Waals surface area contributed by atoms with Gasteiger partial charge in [-0.3, -0.25) is 4.79 Å². The fourth-order valence-corrected chi connectivity index (χ4v) is 1.53. The molecule has 0 bridgehead atoms. The van der Waals surface area contributed by atoms with Crippen molar-refractivity contribution in [3.05, 3.63) is 0 Å². The van der Waals surface area contributed by atoms with Crippen LogP contribution in [0.2, 0.25) is 0 Å². The van der Waals surface area contributed by atoms with Crippen LogP contribution in [0.5, 0.6) is 0 Å². The summed E-state index contributed by atoms with van der Waals surface area (Å²) in [5.74, 6) is -2.96. The molecule has 0 aliphatic carbocycles. The second kappa shape index (κ2) is 5.11. The molecule has 0 aromatic carbocycles. The van der Waals surface area contributed by atoms with Crippen molar-refractivity contribution in [1.82, 2.24) is 5.32 Å². The van der Waals surface area contributed by atoms with Gasteiger partial charge in [0.1, 0.15) is 11.8 Å². The number of carbonyl (C=O) groups is 2. The van der Waals surface area contributed by atoms with E-state index in [-0.39, 0.29) is 5.92 Å². The second-order valence-electron chi connectivity index (χ2n) is 3.70. The lowest BCUT2D eigenvalue weighted by molar-refractivity contribution is -0.142. The van der Waals surface area contributed by atoms with Gasteiger partial charge in [0.2, 0.25) is 5.91 Å². The molecule has 0 spiro atoms. The standard InChI is InChI=1S/C8H15NO5S/c1-5(2)7(8(11)12)9-6(10)4-15(3,13)14/h5,7H,4H2,1-3H3,(H,9,10)(H,11,12). The number of sulfone groups is 1. The zero-order chi connectivity index (χ0) is 12.2. The first kappa shape index (κ1) is 13.9. The van der Waals surface area contributed by atoms with Gasteiger partial charge in [0.15, 0.2) is 9.84 Å². The number of hydrogen-bond acceptors (Lipinski definition) is 4. The van der Waals surface area contributed by atoms with Crippen molar-refractivity contribution in [3.8, 4) is 0 Å². The van der Waals surface area contributed by atoms with Crippen LogP contribution in [0.3, 0.4) is 0 Å². The van der Waals surface area contributed by atoms with Crippen LogP contribution in [0.4, 0.5) is 0 Å². The van der Waals surface area contributed by atoms with E-state index in [0.29, 0.717) is 0 Å². The molecule has 6 nitrogen and oxygen atoms in total. The van der Waals surface area contributed by atoms with E-state index in [1.807, 2.05) is 0 Å². The minimum Gasteiger partial charge on any atom is -0.480 e. The maximum atomic E-state index is 11.1. The Balaban J connectivity index is 4.44. The Morgan fingerprint density at radius 1 is 1.33 bits per heavy atom. The van der Waals surface area contributed by atoms with Crippen LogP contribution in [0.1, 0.15) is 13.8 Å². The van der Waals surface area contributed by atoms with Crippen molar-refractivity contribution in [1.29, 1.82) is 0 Å². The highest BCUT2D eigenvalue weighted by atomic mass is 32.2. The number of amides is 1. The minimum absolute atomic E-state index is 0.300. The highest BCUT2D eigenvalue weighted by Gasteiger charge is 2.24. The molecule has 0 saturated carbocycles. The van der Waals surface area contributed by atoms with Gasteiger partial charge in [0, 0.05) is 6.26 Å². The van der Waals surface area contributed by atoms with E-state index in [1.165, 1.54) is 0 Å². The smallest absolute Gasteiger partial charge is 0.326 e. The van der Waals surface area contributed by atoms with Gasteiger partial charge in [-0.1, -0.05) is 13.8 Å². The largest absolute Gasteiger partial charge is 0.480 e. The van der Waals surface area contributed by atoms with E-state index in [2.05, 4.69) is 5.32 Å². The summed E-state index contributed by atoms with van der Waals surface area (Å²) in [7, 11) is -3.43. The van der Waals surface area contributed by atoms with Crippen molar-refractivity contribution >= 4 is 21.7 Å². The lowest BCUT2D eigenvalue weighted by Gasteiger charge is -2.17. The molecule has 0 fully saturated rings. The van der Waals surface area contributed by atoms with Crippen LogP contribution in [-0.4, -0.2) is 43.5 Å². The van der Waals surface area contributed by atoms with Gasteiger partial charge >= 0.3 is 5.97 Å². The van der Waals surface area contributed by atoms with Crippen LogP contribution in [-0.2, 0) is 19.4 Å². The van der Waals surface area contributed by atoms with Gasteiger partial charge in [-0.2, -0.15) is 0 Å². The van der Waals surface area contributed by atoms with Gasteiger partial charge in [0.05, 0.1) is 0 Å². The average molecular weight is 237 g/mol. The van der Waals surface area contributed by atoms with Crippen LogP contribution in [0.15, 0.2) is 0 Å². The normalized spacial score (nSPS) is 13.6. The highest BCUT2D eigenvalue weighted by Crippen LogP contribution is 2.01. The Bertz CT molecular complexity index is 346. The predicted octanol–water partition coefficient (Wildman–Crippen LogP) is -0.744. The van der Waals surface area contributed by atoms with Gasteiger partial charge in [0.25, 0.3) is 0 Å². The number of hydrogen-bond donors (Lipinski definition) is 2. The van der Waals surface area contributed by atoms with Crippen LogP contribution >= 0.6 is 0 Å². The van der Waals surface area contributed by atoms with E-state index in [1.54, 1.807) is 13.8 Å². The molecule has 0 aromatic heterocycles. The number of carbonyl (C=O) groups excluding carboxylic acids is 1. The zero-order valence-corrected chi connectivity index (χ0v) is 9.67. The van der Waals surface area contributed by atoms with Gasteiger partial charge in [-0.25, -0.2) is 13.2 Å². The zero-order valence-electron chi connectivity index (χ0n) is 8.85. The van der Waals surface area contributed by atoms with Crippen LogP contribution in [0, 0.1) is 5.92 Å². The summed E-state index contributed by atoms with van der Waals surface area (Å²) in [5, 5.41) is 10.9. The van der Waals surface area contributed by atoms with Crippen molar-refractivity contribution in [2.75, 3.05) is 12.0 Å². The molecule has 0 saturated heterocycles. The molecule has 0 heterocycles. The van der Waals surface area contributed by atoms with E-state index >= 15 is 0 Å². The summed E-state index contributed by atoms with van der Waals surface area (Å²) in [4.78, 5) is 21.8. The summed E-state index contributed by atoms with van der Waals surface area (Å²) in [6.45, 7) is 3.25. The molecule has 0 radical (unpaired) electrons. The minimum atomic E-state index is -3.43. The predicted molar refractivity (Wildman–Crippen MR) is 54.1 cm³/mol. The van der Waals surface area contributed by atoms with E-state index in [9.17, 15) is 18.0 Å². The number of carboxylic acids is 1. The third kappa shape index (κ3) is 6.05. The summed E-state index contributed by atoms with van der Waals surface area (Å²) in [6.07, 6.45) is 0.914. The van der Waals surface area contributed by atoms with Gasteiger partial charge in [-0.05, 0) is 5.92 Å². The molecule has 1 atom stereocenters. The van der Waals surface area contributed by atoms with Gasteiger partial charge < -0.3 is 10.4 Å². The molecule has 0 aliphatic rings. The molecular weight excluding hydrogens is 222 g/mol. The van der Waals surface area contributed by atoms with E-state index < -0.39 is 33.5 Å². The summed E-state index contributed by atoms with van der Waals surface area (Å²) < 4.78 is 21.5. The third-order valence-electron chi connectivity index (χ3n) is 1.64. The SMILES string of the molecule is CC(C)C(NC(=O)CS(C)(=O)=O)C(=O)O. The van der Waals surface area contributed by atoms with E-state index in [0.717, 1.165) is 6.26 Å². The average Bonchev–Trinajstić information content (AvgIpc) is 1.95. The molecule has 7 heteroatoms. The first-order valence-electron chi connectivity index (χ1n) is 4.33. The first-order chi connectivity index (χ1) is 6.63. The fourth-order valence-electron chi connectivity index (χ4n) is 0.967. The molecule has 0 rings (SSSR count). The lowest BCUT2D eigenvalue weighted by Crippen LogP contribution is -2.46. The molecule has 2 N–H and O–H groups in total.